The summed E-state index contributed by atoms with van der Waals surface area (Å²) in [5.74, 6) is 0.973. The van der Waals surface area contributed by atoms with E-state index < -0.39 is 5.60 Å². The molecule has 0 N–H and O–H groups in total. The number of amides is 1. The van der Waals surface area contributed by atoms with Crippen LogP contribution in [0, 0.1) is 5.92 Å². The summed E-state index contributed by atoms with van der Waals surface area (Å²) >= 11 is 0. The normalized spacial score (nSPS) is 24.5. The van der Waals surface area contributed by atoms with Gasteiger partial charge in [-0.25, -0.2) is 4.79 Å². The zero-order valence-electron chi connectivity index (χ0n) is 12.3. The summed E-state index contributed by atoms with van der Waals surface area (Å²) in [7, 11) is 0. The lowest BCUT2D eigenvalue weighted by Gasteiger charge is -2.30. The molecule has 0 bridgehead atoms. The van der Waals surface area contributed by atoms with Crippen LogP contribution in [0.2, 0.25) is 0 Å². The molecule has 1 atom stereocenters. The molecule has 1 amide bonds. The van der Waals surface area contributed by atoms with E-state index in [0.717, 1.165) is 18.8 Å². The van der Waals surface area contributed by atoms with Gasteiger partial charge in [0.15, 0.2) is 5.78 Å². The van der Waals surface area contributed by atoms with Gasteiger partial charge in [0.2, 0.25) is 0 Å². The average Bonchev–Trinajstić information content (AvgIpc) is 2.55. The minimum Gasteiger partial charge on any atom is -0.444 e. The second kappa shape index (κ2) is 5.51. The second-order valence-corrected chi connectivity index (χ2v) is 6.88. The van der Waals surface area contributed by atoms with Crippen LogP contribution in [0.1, 0.15) is 59.3 Å². The molecule has 0 aromatic carbocycles. The Kier molecular flexibility index (Phi) is 4.16. The Labute approximate surface area is 115 Å². The molecule has 1 heterocycles. The van der Waals surface area contributed by atoms with Crippen molar-refractivity contribution in [3.63, 3.8) is 0 Å². The van der Waals surface area contributed by atoms with E-state index in [-0.39, 0.29) is 24.5 Å². The van der Waals surface area contributed by atoms with Crippen molar-refractivity contribution < 1.29 is 14.3 Å². The summed E-state index contributed by atoms with van der Waals surface area (Å²) in [6, 6.07) is 0.0583. The third-order valence-corrected chi connectivity index (χ3v) is 4.01. The van der Waals surface area contributed by atoms with Crippen molar-refractivity contribution in [2.75, 3.05) is 6.54 Å². The molecular weight excluding hydrogens is 242 g/mol. The van der Waals surface area contributed by atoms with Gasteiger partial charge >= 0.3 is 6.09 Å². The van der Waals surface area contributed by atoms with Gasteiger partial charge in [0.05, 0.1) is 6.54 Å². The van der Waals surface area contributed by atoms with Gasteiger partial charge in [0.25, 0.3) is 0 Å². The van der Waals surface area contributed by atoms with E-state index in [4.69, 9.17) is 4.74 Å². The zero-order chi connectivity index (χ0) is 14.0. The van der Waals surface area contributed by atoms with E-state index in [2.05, 4.69) is 0 Å². The molecule has 1 aliphatic carbocycles. The van der Waals surface area contributed by atoms with E-state index in [1.807, 2.05) is 20.8 Å². The third-order valence-electron chi connectivity index (χ3n) is 4.01. The first-order chi connectivity index (χ1) is 8.85. The zero-order valence-corrected chi connectivity index (χ0v) is 12.3. The Morgan fingerprint density at radius 1 is 1.32 bits per heavy atom. The van der Waals surface area contributed by atoms with E-state index >= 15 is 0 Å². The molecule has 1 unspecified atom stereocenters. The molecule has 4 heteroatoms. The van der Waals surface area contributed by atoms with Crippen LogP contribution in [-0.4, -0.2) is 35.0 Å². The van der Waals surface area contributed by atoms with Gasteiger partial charge in [-0.2, -0.15) is 0 Å². The van der Waals surface area contributed by atoms with Crippen molar-refractivity contribution >= 4 is 11.9 Å². The van der Waals surface area contributed by atoms with Crippen LogP contribution in [0.5, 0.6) is 0 Å². The molecule has 1 saturated heterocycles. The summed E-state index contributed by atoms with van der Waals surface area (Å²) in [6.07, 6.45) is 6.21. The first-order valence-electron chi connectivity index (χ1n) is 7.36. The third kappa shape index (κ3) is 3.95. The molecule has 0 aromatic heterocycles. The van der Waals surface area contributed by atoms with E-state index in [1.54, 1.807) is 4.90 Å². The number of hydrogen-bond donors (Lipinski definition) is 0. The average molecular weight is 267 g/mol. The maximum atomic E-state index is 12.1. The Morgan fingerprint density at radius 2 is 2.00 bits per heavy atom. The SMILES string of the molecule is CC(C)(C)OC(=O)N1CC(=O)CC1CCC1CCC1. The van der Waals surface area contributed by atoms with Crippen LogP contribution in [0.3, 0.4) is 0 Å². The van der Waals surface area contributed by atoms with Crippen LogP contribution in [-0.2, 0) is 9.53 Å². The highest BCUT2D eigenvalue weighted by atomic mass is 16.6. The Morgan fingerprint density at radius 3 is 2.53 bits per heavy atom. The number of Topliss-reactive ketones (excluding diaryl/α,β-unsaturated/α-hetero) is 1. The minimum atomic E-state index is -0.499. The molecule has 4 nitrogen and oxygen atoms in total. The fourth-order valence-corrected chi connectivity index (χ4v) is 2.76. The van der Waals surface area contributed by atoms with Crippen molar-refractivity contribution in [1.82, 2.24) is 4.90 Å². The predicted molar refractivity (Wildman–Crippen MR) is 72.9 cm³/mol. The summed E-state index contributed by atoms with van der Waals surface area (Å²) in [4.78, 5) is 25.3. The highest BCUT2D eigenvalue weighted by Gasteiger charge is 2.36. The number of ether oxygens (including phenoxy) is 1. The van der Waals surface area contributed by atoms with Gasteiger partial charge in [-0.15, -0.1) is 0 Å². The van der Waals surface area contributed by atoms with Crippen LogP contribution >= 0.6 is 0 Å². The molecule has 2 fully saturated rings. The van der Waals surface area contributed by atoms with Gasteiger partial charge in [-0.3, -0.25) is 9.69 Å². The maximum absolute atomic E-state index is 12.1. The summed E-state index contributed by atoms with van der Waals surface area (Å²) < 4.78 is 5.38. The lowest BCUT2D eigenvalue weighted by atomic mass is 9.81. The number of likely N-dealkylation sites (tertiary alicyclic amines) is 1. The fourth-order valence-electron chi connectivity index (χ4n) is 2.76. The van der Waals surface area contributed by atoms with Crippen molar-refractivity contribution in [2.24, 2.45) is 5.92 Å². The van der Waals surface area contributed by atoms with E-state index in [0.29, 0.717) is 6.42 Å². The summed E-state index contributed by atoms with van der Waals surface area (Å²) in [6.45, 7) is 5.79. The lowest BCUT2D eigenvalue weighted by molar-refractivity contribution is -0.117. The highest BCUT2D eigenvalue weighted by molar-refractivity contribution is 5.88. The first kappa shape index (κ1) is 14.4. The molecule has 2 rings (SSSR count). The van der Waals surface area contributed by atoms with Crippen molar-refractivity contribution in [1.29, 1.82) is 0 Å². The molecule has 2 aliphatic rings. The van der Waals surface area contributed by atoms with Gasteiger partial charge in [0, 0.05) is 12.5 Å². The molecule has 1 aliphatic heterocycles. The summed E-state index contributed by atoms with van der Waals surface area (Å²) in [5, 5.41) is 0. The highest BCUT2D eigenvalue weighted by Crippen LogP contribution is 2.33. The van der Waals surface area contributed by atoms with Crippen molar-refractivity contribution in [2.45, 2.75) is 70.9 Å². The van der Waals surface area contributed by atoms with Crippen LogP contribution < -0.4 is 0 Å². The predicted octanol–water partition coefficient (Wildman–Crippen LogP) is 3.15. The number of rotatable bonds is 3. The number of nitrogens with zero attached hydrogens (tertiary/aromatic N) is 1. The quantitative estimate of drug-likeness (QED) is 0.789. The van der Waals surface area contributed by atoms with Gasteiger partial charge in [-0.1, -0.05) is 19.3 Å². The van der Waals surface area contributed by atoms with Gasteiger partial charge < -0.3 is 4.74 Å². The Bertz CT molecular complexity index is 355. The summed E-state index contributed by atoms with van der Waals surface area (Å²) in [5.41, 5.74) is -0.499. The number of hydrogen-bond acceptors (Lipinski definition) is 3. The van der Waals surface area contributed by atoms with Crippen LogP contribution in [0.15, 0.2) is 0 Å². The fraction of sp³-hybridized carbons (Fsp3) is 0.867. The monoisotopic (exact) mass is 267 g/mol. The van der Waals surface area contributed by atoms with Crippen LogP contribution in [0.4, 0.5) is 4.79 Å². The van der Waals surface area contributed by atoms with E-state index in [9.17, 15) is 9.59 Å². The van der Waals surface area contributed by atoms with E-state index in [1.165, 1.54) is 19.3 Å². The molecular formula is C15H25NO3. The molecule has 0 radical (unpaired) electrons. The molecule has 0 aromatic rings. The molecule has 0 spiro atoms. The standard InChI is InChI=1S/C15H25NO3/c1-15(2,3)19-14(18)16-10-13(17)9-12(16)8-7-11-5-4-6-11/h11-12H,4-10H2,1-3H3. The first-order valence-corrected chi connectivity index (χ1v) is 7.36. The maximum Gasteiger partial charge on any atom is 0.410 e. The Balaban J connectivity index is 1.88. The van der Waals surface area contributed by atoms with Crippen molar-refractivity contribution in [3.05, 3.63) is 0 Å². The molecule has 108 valence electrons. The number of ketones is 1. The molecule has 1 saturated carbocycles. The lowest BCUT2D eigenvalue weighted by Crippen LogP contribution is -2.40. The molecule has 19 heavy (non-hydrogen) atoms. The Hall–Kier alpha value is -1.06. The van der Waals surface area contributed by atoms with Gasteiger partial charge in [0.1, 0.15) is 5.60 Å². The number of carbonyl (C=O) groups excluding carboxylic acids is 2. The smallest absolute Gasteiger partial charge is 0.410 e. The number of carbonyl (C=O) groups is 2. The minimum absolute atomic E-state index is 0.0583. The van der Waals surface area contributed by atoms with Gasteiger partial charge in [-0.05, 0) is 39.5 Å². The topological polar surface area (TPSA) is 46.6 Å². The largest absolute Gasteiger partial charge is 0.444 e. The van der Waals surface area contributed by atoms with Crippen LogP contribution in [0.25, 0.3) is 0 Å². The van der Waals surface area contributed by atoms with Crippen molar-refractivity contribution in [3.8, 4) is 0 Å². The second-order valence-electron chi connectivity index (χ2n) is 6.88.